The van der Waals surface area contributed by atoms with Crippen molar-refractivity contribution in [3.63, 3.8) is 0 Å². The van der Waals surface area contributed by atoms with Crippen LogP contribution in [0.1, 0.15) is 25.0 Å². The van der Waals surface area contributed by atoms with E-state index >= 15 is 0 Å². The Morgan fingerprint density at radius 1 is 0.950 bits per heavy atom. The summed E-state index contributed by atoms with van der Waals surface area (Å²) < 4.78 is 5.13. The summed E-state index contributed by atoms with van der Waals surface area (Å²) in [7, 11) is 6.12. The highest BCUT2D eigenvalue weighted by molar-refractivity contribution is 5.21. The van der Waals surface area contributed by atoms with Gasteiger partial charge in [0, 0.05) is 33.3 Å². The van der Waals surface area contributed by atoms with Crippen molar-refractivity contribution in [2.45, 2.75) is 27.0 Å². The monoisotopic (exact) mass is 278 g/mol. The van der Waals surface area contributed by atoms with Crippen LogP contribution in [0.5, 0.6) is 0 Å². The fraction of sp³-hybridized carbons (Fsp3) is 0.647. The Bertz CT molecular complexity index is 362. The lowest BCUT2D eigenvalue weighted by molar-refractivity contribution is 0.185. The van der Waals surface area contributed by atoms with Crippen LogP contribution >= 0.6 is 0 Å². The zero-order chi connectivity index (χ0) is 15.0. The molecule has 114 valence electrons. The SMILES string of the molecule is COCc1ccc(CN(C)CCN(C)CC(C)C)cc1. The van der Waals surface area contributed by atoms with Crippen LogP contribution in [0.4, 0.5) is 0 Å². The third kappa shape index (κ3) is 7.04. The summed E-state index contributed by atoms with van der Waals surface area (Å²) in [5, 5.41) is 0. The predicted octanol–water partition coefficient (Wildman–Crippen LogP) is 2.85. The van der Waals surface area contributed by atoms with Crippen LogP contribution in [-0.4, -0.2) is 50.6 Å². The van der Waals surface area contributed by atoms with Gasteiger partial charge in [0.05, 0.1) is 6.61 Å². The molecule has 0 saturated heterocycles. The van der Waals surface area contributed by atoms with Gasteiger partial charge in [-0.2, -0.15) is 0 Å². The van der Waals surface area contributed by atoms with E-state index in [-0.39, 0.29) is 0 Å². The summed E-state index contributed by atoms with van der Waals surface area (Å²) in [5.41, 5.74) is 2.59. The number of ether oxygens (including phenoxy) is 1. The molecule has 0 aromatic heterocycles. The van der Waals surface area contributed by atoms with Gasteiger partial charge >= 0.3 is 0 Å². The summed E-state index contributed by atoms with van der Waals surface area (Å²) in [5.74, 6) is 0.735. The second-order valence-electron chi connectivity index (χ2n) is 6.14. The predicted molar refractivity (Wildman–Crippen MR) is 85.8 cm³/mol. The summed E-state index contributed by atoms with van der Waals surface area (Å²) in [6.45, 7) is 9.61. The third-order valence-corrected chi connectivity index (χ3v) is 3.33. The summed E-state index contributed by atoms with van der Waals surface area (Å²) in [4.78, 5) is 4.78. The highest BCUT2D eigenvalue weighted by atomic mass is 16.5. The first-order chi connectivity index (χ1) is 9.51. The summed E-state index contributed by atoms with van der Waals surface area (Å²) in [6, 6.07) is 8.69. The van der Waals surface area contributed by atoms with Crippen molar-refractivity contribution in [2.24, 2.45) is 5.92 Å². The average Bonchev–Trinajstić information content (AvgIpc) is 2.38. The van der Waals surface area contributed by atoms with Crippen LogP contribution in [0.2, 0.25) is 0 Å². The van der Waals surface area contributed by atoms with Gasteiger partial charge < -0.3 is 14.5 Å². The lowest BCUT2D eigenvalue weighted by Crippen LogP contribution is -2.32. The van der Waals surface area contributed by atoms with E-state index in [9.17, 15) is 0 Å². The van der Waals surface area contributed by atoms with Gasteiger partial charge in [-0.25, -0.2) is 0 Å². The molecule has 0 aliphatic heterocycles. The molecule has 1 aromatic carbocycles. The van der Waals surface area contributed by atoms with Crippen LogP contribution in [-0.2, 0) is 17.9 Å². The molecule has 3 nitrogen and oxygen atoms in total. The molecular formula is C17H30N2O. The van der Waals surface area contributed by atoms with Gasteiger partial charge in [-0.3, -0.25) is 0 Å². The molecular weight excluding hydrogens is 248 g/mol. The van der Waals surface area contributed by atoms with Crippen molar-refractivity contribution in [3.05, 3.63) is 35.4 Å². The van der Waals surface area contributed by atoms with Crippen molar-refractivity contribution in [1.82, 2.24) is 9.80 Å². The van der Waals surface area contributed by atoms with E-state index in [2.05, 4.69) is 62.0 Å². The standard InChI is InChI=1S/C17H30N2O/c1-15(2)12-18(3)10-11-19(4)13-16-6-8-17(9-7-16)14-20-5/h6-9,15H,10-14H2,1-5H3. The van der Waals surface area contributed by atoms with Crippen LogP contribution in [0.3, 0.4) is 0 Å². The minimum atomic E-state index is 0.691. The third-order valence-electron chi connectivity index (χ3n) is 3.33. The maximum atomic E-state index is 5.13. The quantitative estimate of drug-likeness (QED) is 0.691. The number of benzene rings is 1. The van der Waals surface area contributed by atoms with Crippen molar-refractivity contribution < 1.29 is 4.74 Å². The molecule has 0 aliphatic rings. The Kier molecular flexibility index (Phi) is 7.82. The van der Waals surface area contributed by atoms with Gasteiger partial charge in [0.1, 0.15) is 0 Å². The fourth-order valence-electron chi connectivity index (χ4n) is 2.35. The Labute approximate surface area is 124 Å². The van der Waals surface area contributed by atoms with E-state index in [1.54, 1.807) is 7.11 Å². The number of rotatable bonds is 9. The maximum absolute atomic E-state index is 5.13. The maximum Gasteiger partial charge on any atom is 0.0713 e. The summed E-state index contributed by atoms with van der Waals surface area (Å²) >= 11 is 0. The lowest BCUT2D eigenvalue weighted by atomic mass is 10.1. The average molecular weight is 278 g/mol. The first-order valence-electron chi connectivity index (χ1n) is 7.45. The normalized spacial score (nSPS) is 11.8. The van der Waals surface area contributed by atoms with Crippen LogP contribution in [0, 0.1) is 5.92 Å². The molecule has 0 unspecified atom stereocenters. The van der Waals surface area contributed by atoms with Gasteiger partial charge in [-0.15, -0.1) is 0 Å². The van der Waals surface area contributed by atoms with E-state index in [0.29, 0.717) is 6.61 Å². The fourth-order valence-corrected chi connectivity index (χ4v) is 2.35. The molecule has 0 fully saturated rings. The van der Waals surface area contributed by atoms with E-state index in [1.807, 2.05) is 0 Å². The zero-order valence-corrected chi connectivity index (χ0v) is 13.7. The molecule has 1 rings (SSSR count). The Balaban J connectivity index is 2.32. The Hall–Kier alpha value is -0.900. The van der Waals surface area contributed by atoms with Crippen LogP contribution in [0.15, 0.2) is 24.3 Å². The lowest BCUT2D eigenvalue weighted by Gasteiger charge is -2.23. The highest BCUT2D eigenvalue weighted by Gasteiger charge is 2.05. The molecule has 1 aromatic rings. The molecule has 0 amide bonds. The molecule has 0 bridgehead atoms. The first-order valence-corrected chi connectivity index (χ1v) is 7.45. The number of hydrogen-bond donors (Lipinski definition) is 0. The molecule has 0 heterocycles. The van der Waals surface area contributed by atoms with Gasteiger partial charge in [0.2, 0.25) is 0 Å². The van der Waals surface area contributed by atoms with Crippen molar-refractivity contribution in [1.29, 1.82) is 0 Å². The Morgan fingerprint density at radius 2 is 1.50 bits per heavy atom. The highest BCUT2D eigenvalue weighted by Crippen LogP contribution is 2.07. The molecule has 0 saturated carbocycles. The van der Waals surface area contributed by atoms with E-state index in [0.717, 1.165) is 25.6 Å². The summed E-state index contributed by atoms with van der Waals surface area (Å²) in [6.07, 6.45) is 0. The molecule has 0 spiro atoms. The van der Waals surface area contributed by atoms with E-state index in [1.165, 1.54) is 17.7 Å². The minimum Gasteiger partial charge on any atom is -0.380 e. The molecule has 0 radical (unpaired) electrons. The largest absolute Gasteiger partial charge is 0.380 e. The molecule has 3 heteroatoms. The van der Waals surface area contributed by atoms with Gasteiger partial charge in [0.25, 0.3) is 0 Å². The zero-order valence-electron chi connectivity index (χ0n) is 13.7. The number of likely N-dealkylation sites (N-methyl/N-ethyl adjacent to an activating group) is 2. The smallest absolute Gasteiger partial charge is 0.0713 e. The topological polar surface area (TPSA) is 15.7 Å². The van der Waals surface area contributed by atoms with Crippen molar-refractivity contribution in [2.75, 3.05) is 40.8 Å². The molecule has 0 aliphatic carbocycles. The second kappa shape index (κ2) is 9.11. The van der Waals surface area contributed by atoms with Crippen molar-refractivity contribution in [3.8, 4) is 0 Å². The van der Waals surface area contributed by atoms with Crippen LogP contribution < -0.4 is 0 Å². The van der Waals surface area contributed by atoms with Gasteiger partial charge in [-0.05, 0) is 31.1 Å². The first kappa shape index (κ1) is 17.2. The number of hydrogen-bond acceptors (Lipinski definition) is 3. The molecule has 20 heavy (non-hydrogen) atoms. The van der Waals surface area contributed by atoms with E-state index in [4.69, 9.17) is 4.74 Å². The molecule has 0 atom stereocenters. The van der Waals surface area contributed by atoms with E-state index < -0.39 is 0 Å². The van der Waals surface area contributed by atoms with Gasteiger partial charge in [-0.1, -0.05) is 38.1 Å². The Morgan fingerprint density at radius 3 is 2.05 bits per heavy atom. The minimum absolute atomic E-state index is 0.691. The van der Waals surface area contributed by atoms with Crippen LogP contribution in [0.25, 0.3) is 0 Å². The van der Waals surface area contributed by atoms with Crippen molar-refractivity contribution >= 4 is 0 Å². The van der Waals surface area contributed by atoms with Gasteiger partial charge in [0.15, 0.2) is 0 Å². The number of nitrogens with zero attached hydrogens (tertiary/aromatic N) is 2. The number of methoxy groups -OCH3 is 1. The molecule has 0 N–H and O–H groups in total. The second-order valence-corrected chi connectivity index (χ2v) is 6.14.